The Morgan fingerprint density at radius 1 is 1.05 bits per heavy atom. The second-order valence-electron chi connectivity index (χ2n) is 10.9. The molecule has 222 valence electrons. The number of hydrogen-bond donors (Lipinski definition) is 1. The molecule has 1 fully saturated rings. The molecule has 3 aromatic rings. The van der Waals surface area contributed by atoms with Crippen molar-refractivity contribution in [2.75, 3.05) is 19.6 Å². The number of rotatable bonds is 9. The molecule has 4 amide bonds. The fraction of sp³-hybridized carbons (Fsp3) is 0.323. The maximum atomic E-state index is 13.6. The van der Waals surface area contributed by atoms with E-state index in [9.17, 15) is 18.8 Å². The lowest BCUT2D eigenvalue weighted by Gasteiger charge is -2.36. The lowest BCUT2D eigenvalue weighted by Crippen LogP contribution is -2.53. The zero-order valence-electron chi connectivity index (χ0n) is 23.5. The number of nitrogens with one attached hydrogen (secondary N) is 1. The number of urea groups is 1. The molecule has 0 radical (unpaired) electrons. The second-order valence-corrected chi connectivity index (χ2v) is 11.7. The summed E-state index contributed by atoms with van der Waals surface area (Å²) in [5, 5.41) is 3.07. The van der Waals surface area contributed by atoms with Crippen molar-refractivity contribution in [1.82, 2.24) is 15.1 Å². The van der Waals surface area contributed by atoms with E-state index in [4.69, 9.17) is 32.7 Å². The van der Waals surface area contributed by atoms with Crippen molar-refractivity contribution in [3.63, 3.8) is 0 Å². The van der Waals surface area contributed by atoms with Gasteiger partial charge in [-0.2, -0.15) is 0 Å². The van der Waals surface area contributed by atoms with E-state index in [0.29, 0.717) is 16.3 Å². The third-order valence-electron chi connectivity index (χ3n) is 6.48. The van der Waals surface area contributed by atoms with Gasteiger partial charge in [-0.3, -0.25) is 9.69 Å². The van der Waals surface area contributed by atoms with Crippen LogP contribution in [0.2, 0.25) is 10.0 Å². The molecule has 8 nitrogen and oxygen atoms in total. The molecule has 1 saturated heterocycles. The normalized spacial score (nSPS) is 14.5. The van der Waals surface area contributed by atoms with Gasteiger partial charge in [0.2, 0.25) is 5.91 Å². The van der Waals surface area contributed by atoms with Gasteiger partial charge >= 0.3 is 12.1 Å². The van der Waals surface area contributed by atoms with Crippen LogP contribution in [0.4, 0.5) is 14.0 Å². The summed E-state index contributed by atoms with van der Waals surface area (Å²) < 4.78 is 24.9. The molecule has 1 N–H and O–H groups in total. The van der Waals surface area contributed by atoms with Gasteiger partial charge in [0, 0.05) is 48.6 Å². The summed E-state index contributed by atoms with van der Waals surface area (Å²) in [5.74, 6) is -0.604. The average molecular weight is 617 g/mol. The van der Waals surface area contributed by atoms with Crippen LogP contribution in [-0.2, 0) is 16.1 Å². The quantitative estimate of drug-likeness (QED) is 0.271. The van der Waals surface area contributed by atoms with Gasteiger partial charge in [-0.05, 0) is 50.6 Å². The predicted molar refractivity (Wildman–Crippen MR) is 158 cm³/mol. The lowest BCUT2D eigenvalue weighted by molar-refractivity contribution is -0.131. The first kappa shape index (κ1) is 31.1. The van der Waals surface area contributed by atoms with Crippen LogP contribution >= 0.6 is 23.2 Å². The van der Waals surface area contributed by atoms with Gasteiger partial charge in [0.25, 0.3) is 0 Å². The minimum Gasteiger partial charge on any atom is -0.457 e. The molecule has 4 rings (SSSR count). The standard InChI is InChI=1S/C31H32Cl2FN3O5/c1-31(2,3)42-29(39)35-17-22(20-7-5-4-6-8-20)18-36-14-13-28(38)37(30(36)40)19-21-9-10-23(32)15-27(21)41-24-11-12-26(34)25(33)16-24/h4-12,15-16,22H,13-14,17-19H2,1-3H3,(H,35,39). The summed E-state index contributed by atoms with van der Waals surface area (Å²) in [5.41, 5.74) is 0.800. The summed E-state index contributed by atoms with van der Waals surface area (Å²) in [6, 6.07) is 17.8. The Kier molecular flexibility index (Phi) is 9.96. The highest BCUT2D eigenvalue weighted by Crippen LogP contribution is 2.32. The van der Waals surface area contributed by atoms with Crippen molar-refractivity contribution in [3.05, 3.63) is 93.7 Å². The van der Waals surface area contributed by atoms with Gasteiger partial charge in [-0.1, -0.05) is 59.6 Å². The number of carbonyl (C=O) groups excluding carboxylic acids is 3. The number of alkyl carbamates (subject to hydrolysis) is 1. The Bertz CT molecular complexity index is 1450. The van der Waals surface area contributed by atoms with E-state index in [1.54, 1.807) is 43.9 Å². The maximum absolute atomic E-state index is 13.6. The van der Waals surface area contributed by atoms with Crippen molar-refractivity contribution < 1.29 is 28.2 Å². The third-order valence-corrected chi connectivity index (χ3v) is 7.00. The van der Waals surface area contributed by atoms with Crippen molar-refractivity contribution in [3.8, 4) is 11.5 Å². The second kappa shape index (κ2) is 13.4. The van der Waals surface area contributed by atoms with Crippen LogP contribution < -0.4 is 10.1 Å². The van der Waals surface area contributed by atoms with Gasteiger partial charge < -0.3 is 19.7 Å². The molecule has 1 atom stereocenters. The first-order valence-electron chi connectivity index (χ1n) is 13.4. The molecule has 0 saturated carbocycles. The Balaban J connectivity index is 1.51. The van der Waals surface area contributed by atoms with Gasteiger partial charge in [-0.25, -0.2) is 14.0 Å². The Labute approximate surface area is 254 Å². The molecule has 1 heterocycles. The third kappa shape index (κ3) is 8.36. The van der Waals surface area contributed by atoms with Crippen LogP contribution in [-0.4, -0.2) is 53.1 Å². The lowest BCUT2D eigenvalue weighted by atomic mass is 9.98. The van der Waals surface area contributed by atoms with E-state index in [2.05, 4.69) is 5.32 Å². The fourth-order valence-electron chi connectivity index (χ4n) is 4.46. The van der Waals surface area contributed by atoms with Crippen LogP contribution in [0.3, 0.4) is 0 Å². The van der Waals surface area contributed by atoms with Crippen LogP contribution in [0.5, 0.6) is 11.5 Å². The van der Waals surface area contributed by atoms with Crippen LogP contribution in [0.1, 0.15) is 44.2 Å². The minimum absolute atomic E-state index is 0.0677. The zero-order chi connectivity index (χ0) is 30.4. The number of carbonyl (C=O) groups is 3. The molecule has 0 bridgehead atoms. The van der Waals surface area contributed by atoms with Gasteiger partial charge in [0.15, 0.2) is 0 Å². The van der Waals surface area contributed by atoms with Crippen molar-refractivity contribution in [2.24, 2.45) is 0 Å². The monoisotopic (exact) mass is 615 g/mol. The van der Waals surface area contributed by atoms with Gasteiger partial charge in [0.05, 0.1) is 11.6 Å². The van der Waals surface area contributed by atoms with E-state index in [1.165, 1.54) is 23.1 Å². The fourth-order valence-corrected chi connectivity index (χ4v) is 4.79. The number of nitrogens with zero attached hydrogens (tertiary/aromatic N) is 2. The van der Waals surface area contributed by atoms with Crippen molar-refractivity contribution >= 4 is 41.2 Å². The molecule has 1 aliphatic heterocycles. The summed E-state index contributed by atoms with van der Waals surface area (Å²) in [6.07, 6.45) is -0.424. The van der Waals surface area contributed by atoms with Crippen LogP contribution in [0.25, 0.3) is 0 Å². The maximum Gasteiger partial charge on any atom is 0.407 e. The van der Waals surface area contributed by atoms with Gasteiger partial charge in [-0.15, -0.1) is 0 Å². The summed E-state index contributed by atoms with van der Waals surface area (Å²) in [4.78, 5) is 41.7. The Morgan fingerprint density at radius 3 is 2.48 bits per heavy atom. The molecule has 11 heteroatoms. The number of amides is 4. The highest BCUT2D eigenvalue weighted by Gasteiger charge is 2.34. The SMILES string of the molecule is CC(C)(C)OC(=O)NCC(CN1CCC(=O)N(Cc2ccc(Cl)cc2Oc2ccc(F)c(Cl)c2)C1=O)c1ccccc1. The topological polar surface area (TPSA) is 88.2 Å². The largest absolute Gasteiger partial charge is 0.457 e. The van der Waals surface area contributed by atoms with Crippen LogP contribution in [0, 0.1) is 5.82 Å². The average Bonchev–Trinajstić information content (AvgIpc) is 2.93. The number of halogens is 3. The minimum atomic E-state index is -0.650. The zero-order valence-corrected chi connectivity index (χ0v) is 25.0. The van der Waals surface area contributed by atoms with E-state index >= 15 is 0 Å². The first-order chi connectivity index (χ1) is 19.9. The predicted octanol–water partition coefficient (Wildman–Crippen LogP) is 7.39. The Morgan fingerprint density at radius 2 is 1.79 bits per heavy atom. The van der Waals surface area contributed by atoms with E-state index < -0.39 is 23.5 Å². The molecular weight excluding hydrogens is 584 g/mol. The van der Waals surface area contributed by atoms with Crippen LogP contribution in [0.15, 0.2) is 66.7 Å². The van der Waals surface area contributed by atoms with Crippen molar-refractivity contribution in [2.45, 2.75) is 45.3 Å². The number of ether oxygens (including phenoxy) is 2. The molecule has 0 aromatic heterocycles. The molecule has 3 aromatic carbocycles. The summed E-state index contributed by atoms with van der Waals surface area (Å²) >= 11 is 12.1. The highest BCUT2D eigenvalue weighted by molar-refractivity contribution is 6.31. The van der Waals surface area contributed by atoms with E-state index in [1.807, 2.05) is 30.3 Å². The number of imide groups is 1. The molecule has 1 aliphatic rings. The molecule has 1 unspecified atom stereocenters. The molecule has 0 aliphatic carbocycles. The molecule has 0 spiro atoms. The summed E-state index contributed by atoms with van der Waals surface area (Å²) in [6.45, 7) is 6.01. The molecule has 42 heavy (non-hydrogen) atoms. The smallest absolute Gasteiger partial charge is 0.407 e. The van der Waals surface area contributed by atoms with E-state index in [0.717, 1.165) is 5.56 Å². The Hall–Kier alpha value is -3.82. The number of hydrogen-bond acceptors (Lipinski definition) is 5. The number of benzene rings is 3. The van der Waals surface area contributed by atoms with E-state index in [-0.39, 0.29) is 55.2 Å². The molecular formula is C31H32Cl2FN3O5. The highest BCUT2D eigenvalue weighted by atomic mass is 35.5. The van der Waals surface area contributed by atoms with Gasteiger partial charge in [0.1, 0.15) is 22.9 Å². The first-order valence-corrected chi connectivity index (χ1v) is 14.2. The van der Waals surface area contributed by atoms with Crippen molar-refractivity contribution in [1.29, 1.82) is 0 Å². The summed E-state index contributed by atoms with van der Waals surface area (Å²) in [7, 11) is 0.